The number of thioether (sulfide) groups is 1. The van der Waals surface area contributed by atoms with Gasteiger partial charge in [0.05, 0.1) is 21.1 Å². The van der Waals surface area contributed by atoms with Crippen LogP contribution in [0.2, 0.25) is 0 Å². The number of carboxylic acid groups (broad SMARTS) is 1. The highest BCUT2D eigenvalue weighted by Crippen LogP contribution is 2.34. The molecule has 1 fully saturated rings. The van der Waals surface area contributed by atoms with E-state index >= 15 is 0 Å². The molecule has 4 rings (SSSR count). The maximum atomic E-state index is 12.9. The van der Waals surface area contributed by atoms with Crippen LogP contribution in [0.5, 0.6) is 5.75 Å². The number of ether oxygens (including phenoxy) is 1. The Balaban J connectivity index is 1.43. The normalized spacial score (nSPS) is 15.5. The van der Waals surface area contributed by atoms with Crippen LogP contribution in [0, 0.1) is 10.1 Å². The summed E-state index contributed by atoms with van der Waals surface area (Å²) in [5.74, 6) is -0.534. The van der Waals surface area contributed by atoms with E-state index in [-0.39, 0.29) is 23.8 Å². The first-order valence-electron chi connectivity index (χ1n) is 10.9. The van der Waals surface area contributed by atoms with Crippen LogP contribution < -0.4 is 4.74 Å². The Morgan fingerprint density at radius 3 is 2.33 bits per heavy atom. The Kier molecular flexibility index (Phi) is 7.45. The highest BCUT2D eigenvalue weighted by Gasteiger charge is 2.32. The SMILES string of the molecule is CCN1C(=O)/C(=C\c2ccc(OCc3ccc([N+](=O)[O-])cc3)cc2)SC1=Nc1ccc(C(=O)O)cc1. The first-order chi connectivity index (χ1) is 17.3. The molecule has 0 saturated carbocycles. The fraction of sp³-hybridized carbons (Fsp3) is 0.115. The van der Waals surface area contributed by atoms with Crippen molar-refractivity contribution in [1.29, 1.82) is 0 Å². The van der Waals surface area contributed by atoms with Crippen LogP contribution in [0.1, 0.15) is 28.4 Å². The number of amidine groups is 1. The number of amides is 1. The molecule has 1 amide bonds. The standard InChI is InChI=1S/C26H21N3O6S/c1-2-28-24(30)23(36-26(28)27-20-9-7-19(8-10-20)25(31)32)15-17-5-13-22(14-6-17)35-16-18-3-11-21(12-4-18)29(33)34/h3-15H,2,16H2,1H3,(H,31,32)/b23-15+,27-26?. The molecule has 1 aliphatic rings. The number of hydrogen-bond acceptors (Lipinski definition) is 7. The third-order valence-electron chi connectivity index (χ3n) is 5.27. The average molecular weight is 504 g/mol. The molecular weight excluding hydrogens is 482 g/mol. The third kappa shape index (κ3) is 5.78. The molecule has 10 heteroatoms. The van der Waals surface area contributed by atoms with Crippen LogP contribution in [0.3, 0.4) is 0 Å². The molecule has 0 unspecified atom stereocenters. The van der Waals surface area contributed by atoms with Crippen LogP contribution in [0.4, 0.5) is 11.4 Å². The second-order valence-electron chi connectivity index (χ2n) is 7.69. The van der Waals surface area contributed by atoms with Crippen molar-refractivity contribution in [1.82, 2.24) is 4.90 Å². The second kappa shape index (κ2) is 10.9. The highest BCUT2D eigenvalue weighted by molar-refractivity contribution is 8.18. The summed E-state index contributed by atoms with van der Waals surface area (Å²) in [7, 11) is 0. The monoisotopic (exact) mass is 503 g/mol. The van der Waals surface area contributed by atoms with Gasteiger partial charge in [0.25, 0.3) is 11.6 Å². The van der Waals surface area contributed by atoms with Gasteiger partial charge in [0.2, 0.25) is 0 Å². The Labute approximate surface area is 210 Å². The largest absolute Gasteiger partial charge is 0.489 e. The maximum absolute atomic E-state index is 12.9. The number of aliphatic imine (C=N–C) groups is 1. The minimum absolute atomic E-state index is 0.0291. The Morgan fingerprint density at radius 1 is 1.08 bits per heavy atom. The van der Waals surface area contributed by atoms with Gasteiger partial charge in [-0.2, -0.15) is 0 Å². The van der Waals surface area contributed by atoms with Gasteiger partial charge in [0.15, 0.2) is 5.17 Å². The number of nitro benzene ring substituents is 1. The summed E-state index contributed by atoms with van der Waals surface area (Å²) in [5, 5.41) is 20.3. The van der Waals surface area contributed by atoms with E-state index in [1.807, 2.05) is 19.1 Å². The number of nitro groups is 1. The van der Waals surface area contributed by atoms with Gasteiger partial charge in [0, 0.05) is 18.7 Å². The molecule has 182 valence electrons. The van der Waals surface area contributed by atoms with Gasteiger partial charge < -0.3 is 9.84 Å². The predicted octanol–water partition coefficient (Wildman–Crippen LogP) is 5.50. The van der Waals surface area contributed by atoms with E-state index in [0.29, 0.717) is 28.1 Å². The van der Waals surface area contributed by atoms with Crippen molar-refractivity contribution in [2.75, 3.05) is 6.54 Å². The number of non-ortho nitro benzene ring substituents is 1. The first kappa shape index (κ1) is 24.7. The maximum Gasteiger partial charge on any atom is 0.335 e. The van der Waals surface area contributed by atoms with Gasteiger partial charge in [-0.15, -0.1) is 0 Å². The van der Waals surface area contributed by atoms with Gasteiger partial charge in [-0.1, -0.05) is 12.1 Å². The molecule has 3 aromatic carbocycles. The van der Waals surface area contributed by atoms with E-state index in [0.717, 1.165) is 11.1 Å². The van der Waals surface area contributed by atoms with Crippen molar-refractivity contribution >= 4 is 46.3 Å². The molecule has 1 heterocycles. The van der Waals surface area contributed by atoms with Crippen LogP contribution in [0.25, 0.3) is 6.08 Å². The lowest BCUT2D eigenvalue weighted by molar-refractivity contribution is -0.384. The fourth-order valence-corrected chi connectivity index (χ4v) is 4.41. The molecular formula is C26H21N3O6S. The van der Waals surface area contributed by atoms with Crippen LogP contribution in [0.15, 0.2) is 82.7 Å². The molecule has 36 heavy (non-hydrogen) atoms. The molecule has 0 spiro atoms. The molecule has 1 saturated heterocycles. The lowest BCUT2D eigenvalue weighted by atomic mass is 10.2. The molecule has 3 aromatic rings. The van der Waals surface area contributed by atoms with E-state index < -0.39 is 10.9 Å². The zero-order chi connectivity index (χ0) is 25.7. The molecule has 0 aromatic heterocycles. The van der Waals surface area contributed by atoms with Crippen molar-refractivity contribution in [3.05, 3.63) is 105 Å². The lowest BCUT2D eigenvalue weighted by Gasteiger charge is -2.12. The van der Waals surface area contributed by atoms with E-state index in [1.165, 1.54) is 36.0 Å². The van der Waals surface area contributed by atoms with Crippen molar-refractivity contribution in [3.8, 4) is 5.75 Å². The number of nitrogens with zero attached hydrogens (tertiary/aromatic N) is 3. The number of carboxylic acids is 1. The quantitative estimate of drug-likeness (QED) is 0.245. The third-order valence-corrected chi connectivity index (χ3v) is 6.28. The van der Waals surface area contributed by atoms with Gasteiger partial charge >= 0.3 is 5.97 Å². The van der Waals surface area contributed by atoms with Gasteiger partial charge in [-0.3, -0.25) is 19.8 Å². The van der Waals surface area contributed by atoms with Gasteiger partial charge in [0.1, 0.15) is 12.4 Å². The van der Waals surface area contributed by atoms with E-state index in [1.54, 1.807) is 47.4 Å². The molecule has 9 nitrogen and oxygen atoms in total. The number of hydrogen-bond donors (Lipinski definition) is 1. The van der Waals surface area contributed by atoms with E-state index in [4.69, 9.17) is 9.84 Å². The fourth-order valence-electron chi connectivity index (χ4n) is 3.35. The van der Waals surface area contributed by atoms with Crippen molar-refractivity contribution in [2.24, 2.45) is 4.99 Å². The van der Waals surface area contributed by atoms with Crippen LogP contribution in [-0.2, 0) is 11.4 Å². The minimum atomic E-state index is -1.01. The summed E-state index contributed by atoms with van der Waals surface area (Å²) in [6.45, 7) is 2.58. The summed E-state index contributed by atoms with van der Waals surface area (Å²) >= 11 is 1.26. The molecule has 1 aliphatic heterocycles. The minimum Gasteiger partial charge on any atom is -0.489 e. The van der Waals surface area contributed by atoms with Crippen molar-refractivity contribution in [3.63, 3.8) is 0 Å². The number of likely N-dealkylation sites (N-methyl/N-ethyl adjacent to an activating group) is 1. The summed E-state index contributed by atoms with van der Waals surface area (Å²) in [6, 6.07) is 19.6. The predicted molar refractivity (Wildman–Crippen MR) is 137 cm³/mol. The summed E-state index contributed by atoms with van der Waals surface area (Å²) < 4.78 is 5.75. The summed E-state index contributed by atoms with van der Waals surface area (Å²) in [6.07, 6.45) is 1.78. The van der Waals surface area contributed by atoms with Crippen LogP contribution >= 0.6 is 11.8 Å². The van der Waals surface area contributed by atoms with E-state index in [2.05, 4.69) is 4.99 Å². The van der Waals surface area contributed by atoms with Crippen molar-refractivity contribution in [2.45, 2.75) is 13.5 Å². The number of carbonyl (C=O) groups excluding carboxylic acids is 1. The highest BCUT2D eigenvalue weighted by atomic mass is 32.2. The molecule has 0 atom stereocenters. The molecule has 0 bridgehead atoms. The summed E-state index contributed by atoms with van der Waals surface area (Å²) in [5.41, 5.74) is 2.38. The first-order valence-corrected chi connectivity index (χ1v) is 11.8. The Hall–Kier alpha value is -4.44. The Morgan fingerprint density at radius 2 is 1.75 bits per heavy atom. The smallest absolute Gasteiger partial charge is 0.335 e. The zero-order valence-electron chi connectivity index (χ0n) is 19.2. The molecule has 0 aliphatic carbocycles. The van der Waals surface area contributed by atoms with E-state index in [9.17, 15) is 19.7 Å². The number of aromatic carboxylic acids is 1. The summed E-state index contributed by atoms with van der Waals surface area (Å²) in [4.78, 5) is 40.9. The van der Waals surface area contributed by atoms with Crippen LogP contribution in [-0.4, -0.2) is 38.5 Å². The number of benzene rings is 3. The van der Waals surface area contributed by atoms with Gasteiger partial charge in [-0.25, -0.2) is 9.79 Å². The number of carbonyl (C=O) groups is 2. The average Bonchev–Trinajstić information content (AvgIpc) is 3.17. The lowest BCUT2D eigenvalue weighted by Crippen LogP contribution is -2.28. The van der Waals surface area contributed by atoms with Crippen molar-refractivity contribution < 1.29 is 24.4 Å². The number of rotatable bonds is 8. The topological polar surface area (TPSA) is 122 Å². The second-order valence-corrected chi connectivity index (χ2v) is 8.70. The van der Waals surface area contributed by atoms with Gasteiger partial charge in [-0.05, 0) is 84.4 Å². The molecule has 1 N–H and O–H groups in total. The zero-order valence-corrected chi connectivity index (χ0v) is 20.0. The molecule has 0 radical (unpaired) electrons. The Bertz CT molecular complexity index is 1350.